The third-order valence-corrected chi connectivity index (χ3v) is 4.68. The summed E-state index contributed by atoms with van der Waals surface area (Å²) >= 11 is 0. The van der Waals surface area contributed by atoms with Gasteiger partial charge >= 0.3 is 0 Å². The first kappa shape index (κ1) is 17.8. The summed E-state index contributed by atoms with van der Waals surface area (Å²) in [5.41, 5.74) is 5.21. The molecule has 3 heterocycles. The van der Waals surface area contributed by atoms with Crippen LogP contribution in [0.1, 0.15) is 33.1 Å². The van der Waals surface area contributed by atoms with E-state index in [1.807, 2.05) is 52.1 Å². The number of anilines is 1. The van der Waals surface area contributed by atoms with Gasteiger partial charge in [0.05, 0.1) is 17.0 Å². The van der Waals surface area contributed by atoms with E-state index in [-0.39, 0.29) is 5.91 Å². The lowest BCUT2D eigenvalue weighted by molar-refractivity contribution is 0.102. The van der Waals surface area contributed by atoms with E-state index in [2.05, 4.69) is 25.5 Å². The van der Waals surface area contributed by atoms with E-state index >= 15 is 0 Å². The van der Waals surface area contributed by atoms with Crippen molar-refractivity contribution in [3.05, 3.63) is 52.6 Å². The normalized spacial score (nSPS) is 11.2. The monoisotopic (exact) mass is 376 g/mol. The lowest BCUT2D eigenvalue weighted by Gasteiger charge is -2.11. The van der Waals surface area contributed by atoms with Gasteiger partial charge in [-0.1, -0.05) is 5.16 Å². The highest BCUT2D eigenvalue weighted by molar-refractivity contribution is 6.07. The first-order valence-corrected chi connectivity index (χ1v) is 8.87. The van der Waals surface area contributed by atoms with Gasteiger partial charge in [-0.05, 0) is 57.5 Å². The molecule has 0 saturated heterocycles. The Bertz CT molecular complexity index is 1220. The number of rotatable bonds is 3. The number of nitrogens with zero attached hydrogens (tertiary/aromatic N) is 5. The number of hydrogen-bond acceptors (Lipinski definition) is 6. The number of carbonyl (C=O) groups excluding carboxylic acids is 1. The van der Waals surface area contributed by atoms with Crippen LogP contribution >= 0.6 is 0 Å². The molecule has 28 heavy (non-hydrogen) atoms. The average Bonchev–Trinajstić information content (AvgIpc) is 3.19. The second-order valence-corrected chi connectivity index (χ2v) is 6.83. The second-order valence-electron chi connectivity index (χ2n) is 6.83. The van der Waals surface area contributed by atoms with Crippen LogP contribution in [0.25, 0.3) is 22.5 Å². The lowest BCUT2D eigenvalue weighted by Crippen LogP contribution is -2.15. The Morgan fingerprint density at radius 1 is 1.07 bits per heavy atom. The van der Waals surface area contributed by atoms with E-state index in [1.165, 1.54) is 0 Å². The highest BCUT2D eigenvalue weighted by atomic mass is 16.5. The van der Waals surface area contributed by atoms with Gasteiger partial charge in [0.15, 0.2) is 11.5 Å². The molecule has 0 unspecified atom stereocenters. The number of benzene rings is 1. The second kappa shape index (κ2) is 6.56. The Hall–Kier alpha value is -3.55. The van der Waals surface area contributed by atoms with Crippen molar-refractivity contribution in [1.29, 1.82) is 0 Å². The molecule has 0 radical (unpaired) electrons. The number of nitrogens with one attached hydrogen (secondary N) is 1. The zero-order chi connectivity index (χ0) is 20.0. The number of carbonyl (C=O) groups is 1. The minimum Gasteiger partial charge on any atom is -0.334 e. The van der Waals surface area contributed by atoms with E-state index in [0.29, 0.717) is 28.7 Å². The number of aryl methyl sites for hydroxylation is 5. The Morgan fingerprint density at radius 2 is 1.86 bits per heavy atom. The van der Waals surface area contributed by atoms with Crippen LogP contribution in [0.15, 0.2) is 28.8 Å². The van der Waals surface area contributed by atoms with Crippen LogP contribution in [0.5, 0.6) is 0 Å². The van der Waals surface area contributed by atoms with Gasteiger partial charge in [0.1, 0.15) is 0 Å². The van der Waals surface area contributed by atoms with Crippen molar-refractivity contribution >= 4 is 22.6 Å². The first-order valence-electron chi connectivity index (χ1n) is 8.87. The molecule has 1 amide bonds. The van der Waals surface area contributed by atoms with Crippen molar-refractivity contribution in [1.82, 2.24) is 24.9 Å². The van der Waals surface area contributed by atoms with Crippen molar-refractivity contribution in [2.24, 2.45) is 7.05 Å². The molecular weight excluding hydrogens is 356 g/mol. The van der Waals surface area contributed by atoms with E-state index in [1.54, 1.807) is 11.6 Å². The third-order valence-electron chi connectivity index (χ3n) is 4.68. The Balaban J connectivity index is 1.64. The van der Waals surface area contributed by atoms with Gasteiger partial charge in [-0.15, -0.1) is 0 Å². The summed E-state index contributed by atoms with van der Waals surface area (Å²) in [6.07, 6.45) is 0. The van der Waals surface area contributed by atoms with Gasteiger partial charge in [-0.25, -0.2) is 4.98 Å². The first-order chi connectivity index (χ1) is 13.3. The smallest absolute Gasteiger partial charge is 0.257 e. The molecule has 0 atom stereocenters. The van der Waals surface area contributed by atoms with Gasteiger partial charge in [-0.2, -0.15) is 10.1 Å². The standard InChI is InChI=1S/C20H20N6O2/c1-10-8-14(20-22-13(4)25-28-20)6-7-17(10)23-19(27)16-9-15-12(3)24-26(5)18(15)21-11(16)2/h6-9H,1-5H3,(H,23,27). The Morgan fingerprint density at radius 3 is 2.54 bits per heavy atom. The fourth-order valence-electron chi connectivity index (χ4n) is 3.20. The molecule has 8 heteroatoms. The van der Waals surface area contributed by atoms with E-state index in [0.717, 1.165) is 27.9 Å². The summed E-state index contributed by atoms with van der Waals surface area (Å²) < 4.78 is 6.92. The molecule has 0 fully saturated rings. The summed E-state index contributed by atoms with van der Waals surface area (Å²) in [5, 5.41) is 12.0. The SMILES string of the molecule is Cc1noc(-c2ccc(NC(=O)c3cc4c(C)nn(C)c4nc3C)c(C)c2)n1. The summed E-state index contributed by atoms with van der Waals surface area (Å²) in [6, 6.07) is 7.43. The van der Waals surface area contributed by atoms with Gasteiger partial charge in [0.25, 0.3) is 11.8 Å². The van der Waals surface area contributed by atoms with Crippen LogP contribution in [-0.2, 0) is 7.05 Å². The summed E-state index contributed by atoms with van der Waals surface area (Å²) in [5.74, 6) is 0.824. The number of fused-ring (bicyclic) bond motifs is 1. The van der Waals surface area contributed by atoms with E-state index in [9.17, 15) is 4.79 Å². The van der Waals surface area contributed by atoms with Crippen molar-refractivity contribution < 1.29 is 9.32 Å². The van der Waals surface area contributed by atoms with Crippen molar-refractivity contribution in [3.8, 4) is 11.5 Å². The fraction of sp³-hybridized carbons (Fsp3) is 0.250. The molecule has 8 nitrogen and oxygen atoms in total. The lowest BCUT2D eigenvalue weighted by atomic mass is 10.1. The predicted molar refractivity (Wildman–Crippen MR) is 105 cm³/mol. The van der Waals surface area contributed by atoms with Crippen LogP contribution in [0.2, 0.25) is 0 Å². The van der Waals surface area contributed by atoms with Gasteiger partial charge in [-0.3, -0.25) is 9.48 Å². The molecule has 0 bridgehead atoms. The molecule has 142 valence electrons. The quantitative estimate of drug-likeness (QED) is 0.587. The van der Waals surface area contributed by atoms with E-state index in [4.69, 9.17) is 4.52 Å². The molecule has 4 rings (SSSR count). The molecule has 0 aliphatic heterocycles. The molecule has 4 aromatic rings. The minimum absolute atomic E-state index is 0.209. The number of aromatic nitrogens is 5. The Labute approximate surface area is 161 Å². The molecule has 3 aromatic heterocycles. The largest absolute Gasteiger partial charge is 0.334 e. The van der Waals surface area contributed by atoms with Gasteiger partial charge in [0, 0.05) is 23.7 Å². The van der Waals surface area contributed by atoms with Crippen LogP contribution in [-0.4, -0.2) is 30.8 Å². The molecular formula is C20H20N6O2. The maximum absolute atomic E-state index is 12.9. The highest BCUT2D eigenvalue weighted by Crippen LogP contribution is 2.25. The molecule has 1 N–H and O–H groups in total. The van der Waals surface area contributed by atoms with Crippen molar-refractivity contribution in [3.63, 3.8) is 0 Å². The molecule has 0 saturated carbocycles. The topological polar surface area (TPSA) is 98.7 Å². The summed E-state index contributed by atoms with van der Waals surface area (Å²) in [7, 11) is 1.84. The summed E-state index contributed by atoms with van der Waals surface area (Å²) in [4.78, 5) is 21.7. The molecule has 0 aliphatic carbocycles. The third kappa shape index (κ3) is 3.02. The Kier molecular flexibility index (Phi) is 4.18. The van der Waals surface area contributed by atoms with Crippen LogP contribution in [0.4, 0.5) is 5.69 Å². The molecule has 0 aliphatic rings. The maximum atomic E-state index is 12.9. The number of amides is 1. The molecule has 0 spiro atoms. The summed E-state index contributed by atoms with van der Waals surface area (Å²) in [6.45, 7) is 7.42. The maximum Gasteiger partial charge on any atom is 0.257 e. The molecule has 1 aromatic carbocycles. The van der Waals surface area contributed by atoms with E-state index < -0.39 is 0 Å². The fourth-order valence-corrected chi connectivity index (χ4v) is 3.20. The highest BCUT2D eigenvalue weighted by Gasteiger charge is 2.17. The van der Waals surface area contributed by atoms with Crippen molar-refractivity contribution in [2.75, 3.05) is 5.32 Å². The van der Waals surface area contributed by atoms with Crippen LogP contribution < -0.4 is 5.32 Å². The van der Waals surface area contributed by atoms with Gasteiger partial charge < -0.3 is 9.84 Å². The number of hydrogen-bond donors (Lipinski definition) is 1. The van der Waals surface area contributed by atoms with Crippen LogP contribution in [0, 0.1) is 27.7 Å². The predicted octanol–water partition coefficient (Wildman–Crippen LogP) is 3.50. The minimum atomic E-state index is -0.209. The average molecular weight is 376 g/mol. The van der Waals surface area contributed by atoms with Gasteiger partial charge in [0.2, 0.25) is 0 Å². The zero-order valence-electron chi connectivity index (χ0n) is 16.4. The van der Waals surface area contributed by atoms with Crippen molar-refractivity contribution in [2.45, 2.75) is 27.7 Å². The number of pyridine rings is 1. The van der Waals surface area contributed by atoms with Crippen LogP contribution in [0.3, 0.4) is 0 Å². The zero-order valence-corrected chi connectivity index (χ0v) is 16.4.